The second-order valence-corrected chi connectivity index (χ2v) is 4.17. The van der Waals surface area contributed by atoms with Gasteiger partial charge in [-0.05, 0) is 12.5 Å². The normalized spacial score (nSPS) is 10.3. The number of esters is 1. The van der Waals surface area contributed by atoms with Crippen LogP contribution in [0.4, 0.5) is 0 Å². The molecule has 0 radical (unpaired) electrons. The van der Waals surface area contributed by atoms with Gasteiger partial charge < -0.3 is 9.47 Å². The van der Waals surface area contributed by atoms with E-state index in [0.717, 1.165) is 16.8 Å². The molecule has 2 rings (SSSR count). The Labute approximate surface area is 111 Å². The maximum absolute atomic E-state index is 11.0. The lowest BCUT2D eigenvalue weighted by molar-refractivity contribution is -0.143. The topological polar surface area (TPSA) is 53.4 Å². The molecule has 0 atom stereocenters. The van der Waals surface area contributed by atoms with Crippen LogP contribution < -0.4 is 4.74 Å². The van der Waals surface area contributed by atoms with Gasteiger partial charge in [0.05, 0.1) is 12.8 Å². The molecule has 5 heteroatoms. The van der Waals surface area contributed by atoms with Crippen LogP contribution in [0.25, 0.3) is 11.3 Å². The van der Waals surface area contributed by atoms with Crippen LogP contribution in [-0.4, -0.2) is 29.5 Å². The number of hydrogen-bond acceptors (Lipinski definition) is 4. The zero-order valence-electron chi connectivity index (χ0n) is 11.2. The van der Waals surface area contributed by atoms with Gasteiger partial charge >= 0.3 is 5.97 Å². The molecular formula is C14H16N2O3. The highest BCUT2D eigenvalue weighted by atomic mass is 16.6. The fraction of sp³-hybridized carbons (Fsp3) is 0.286. The molecule has 0 unspecified atom stereocenters. The van der Waals surface area contributed by atoms with E-state index in [4.69, 9.17) is 4.74 Å². The van der Waals surface area contributed by atoms with E-state index in [1.165, 1.54) is 7.11 Å². The standard InChI is InChI=1S/C14H16N2O3/c1-10-6-4-5-7-11(10)12-8-13(15-16(12)2)19-9-14(17)18-3/h4-8H,9H2,1-3H3. The van der Waals surface area contributed by atoms with Crippen molar-refractivity contribution in [3.63, 3.8) is 0 Å². The van der Waals surface area contributed by atoms with E-state index in [1.54, 1.807) is 4.68 Å². The Morgan fingerprint density at radius 1 is 1.37 bits per heavy atom. The number of aromatic nitrogens is 2. The Morgan fingerprint density at radius 2 is 2.11 bits per heavy atom. The lowest BCUT2D eigenvalue weighted by Gasteiger charge is -2.04. The summed E-state index contributed by atoms with van der Waals surface area (Å²) in [4.78, 5) is 11.0. The summed E-state index contributed by atoms with van der Waals surface area (Å²) in [7, 11) is 3.16. The van der Waals surface area contributed by atoms with Crippen molar-refractivity contribution in [2.45, 2.75) is 6.92 Å². The molecule has 5 nitrogen and oxygen atoms in total. The van der Waals surface area contributed by atoms with E-state index >= 15 is 0 Å². The van der Waals surface area contributed by atoms with E-state index in [0.29, 0.717) is 5.88 Å². The molecule has 2 aromatic rings. The summed E-state index contributed by atoms with van der Waals surface area (Å²) in [6.45, 7) is 1.90. The van der Waals surface area contributed by atoms with E-state index < -0.39 is 5.97 Å². The summed E-state index contributed by atoms with van der Waals surface area (Å²) < 4.78 is 11.5. The van der Waals surface area contributed by atoms with Crippen molar-refractivity contribution >= 4 is 5.97 Å². The molecule has 1 heterocycles. The Hall–Kier alpha value is -2.30. The number of nitrogens with zero attached hydrogens (tertiary/aromatic N) is 2. The summed E-state index contributed by atoms with van der Waals surface area (Å²) in [6, 6.07) is 9.84. The van der Waals surface area contributed by atoms with Gasteiger partial charge in [0, 0.05) is 18.7 Å². The lowest BCUT2D eigenvalue weighted by Crippen LogP contribution is -2.12. The predicted molar refractivity (Wildman–Crippen MR) is 70.9 cm³/mol. The predicted octanol–water partition coefficient (Wildman–Crippen LogP) is 1.95. The molecule has 0 bridgehead atoms. The average Bonchev–Trinajstić information content (AvgIpc) is 2.77. The molecule has 0 saturated carbocycles. The highest BCUT2D eigenvalue weighted by molar-refractivity contribution is 5.71. The molecule has 0 spiro atoms. The molecule has 0 fully saturated rings. The van der Waals surface area contributed by atoms with Gasteiger partial charge in [-0.25, -0.2) is 4.79 Å². The van der Waals surface area contributed by atoms with Gasteiger partial charge in [-0.3, -0.25) is 4.68 Å². The number of rotatable bonds is 4. The van der Waals surface area contributed by atoms with Crippen LogP contribution in [0, 0.1) is 6.92 Å². The summed E-state index contributed by atoms with van der Waals surface area (Å²) in [5, 5.41) is 4.22. The third kappa shape index (κ3) is 2.93. The summed E-state index contributed by atoms with van der Waals surface area (Å²) >= 11 is 0. The average molecular weight is 260 g/mol. The van der Waals surface area contributed by atoms with Crippen LogP contribution in [0.2, 0.25) is 0 Å². The van der Waals surface area contributed by atoms with Crippen molar-refractivity contribution in [2.24, 2.45) is 7.05 Å². The highest BCUT2D eigenvalue weighted by Gasteiger charge is 2.11. The molecule has 19 heavy (non-hydrogen) atoms. The van der Waals surface area contributed by atoms with Gasteiger partial charge in [0.25, 0.3) is 0 Å². The second kappa shape index (κ2) is 5.56. The third-order valence-electron chi connectivity index (χ3n) is 2.84. The van der Waals surface area contributed by atoms with Crippen LogP contribution in [0.15, 0.2) is 30.3 Å². The largest absolute Gasteiger partial charge is 0.466 e. The number of carbonyl (C=O) groups excluding carboxylic acids is 1. The first-order valence-corrected chi connectivity index (χ1v) is 5.91. The Balaban J connectivity index is 2.22. The molecule has 1 aromatic heterocycles. The monoisotopic (exact) mass is 260 g/mol. The minimum Gasteiger partial charge on any atom is -0.466 e. The van der Waals surface area contributed by atoms with Crippen molar-refractivity contribution in [2.75, 3.05) is 13.7 Å². The SMILES string of the molecule is COC(=O)COc1cc(-c2ccccc2C)n(C)n1. The first-order valence-electron chi connectivity index (χ1n) is 5.91. The number of aryl methyl sites for hydroxylation is 2. The molecule has 0 saturated heterocycles. The number of methoxy groups -OCH3 is 1. The second-order valence-electron chi connectivity index (χ2n) is 4.17. The van der Waals surface area contributed by atoms with E-state index in [-0.39, 0.29) is 6.61 Å². The molecule has 1 aromatic carbocycles. The minimum atomic E-state index is -0.428. The van der Waals surface area contributed by atoms with Crippen molar-refractivity contribution in [1.82, 2.24) is 9.78 Å². The quantitative estimate of drug-likeness (QED) is 0.788. The van der Waals surface area contributed by atoms with Gasteiger partial charge in [-0.2, -0.15) is 0 Å². The third-order valence-corrected chi connectivity index (χ3v) is 2.84. The van der Waals surface area contributed by atoms with Gasteiger partial charge in [0.2, 0.25) is 5.88 Å². The minimum absolute atomic E-state index is 0.138. The van der Waals surface area contributed by atoms with Crippen molar-refractivity contribution in [3.8, 4) is 17.1 Å². The number of hydrogen-bond donors (Lipinski definition) is 0. The summed E-state index contributed by atoms with van der Waals surface area (Å²) in [5.41, 5.74) is 3.19. The van der Waals surface area contributed by atoms with Crippen LogP contribution in [0.3, 0.4) is 0 Å². The van der Waals surface area contributed by atoms with Crippen LogP contribution in [-0.2, 0) is 16.6 Å². The zero-order chi connectivity index (χ0) is 13.8. The van der Waals surface area contributed by atoms with Crippen LogP contribution >= 0.6 is 0 Å². The van der Waals surface area contributed by atoms with E-state index in [1.807, 2.05) is 44.3 Å². The van der Waals surface area contributed by atoms with E-state index in [2.05, 4.69) is 9.84 Å². The fourth-order valence-electron chi connectivity index (χ4n) is 1.82. The van der Waals surface area contributed by atoms with Crippen molar-refractivity contribution < 1.29 is 14.3 Å². The van der Waals surface area contributed by atoms with Gasteiger partial charge in [0.15, 0.2) is 6.61 Å². The number of ether oxygens (including phenoxy) is 2. The highest BCUT2D eigenvalue weighted by Crippen LogP contribution is 2.25. The fourth-order valence-corrected chi connectivity index (χ4v) is 1.82. The first kappa shape index (κ1) is 13.1. The lowest BCUT2D eigenvalue weighted by atomic mass is 10.1. The molecule has 0 aliphatic carbocycles. The van der Waals surface area contributed by atoms with Crippen molar-refractivity contribution in [3.05, 3.63) is 35.9 Å². The molecule has 100 valence electrons. The maximum atomic E-state index is 11.0. The molecule has 0 aliphatic heterocycles. The Kier molecular flexibility index (Phi) is 3.85. The molecule has 0 N–H and O–H groups in total. The summed E-state index contributed by atoms with van der Waals surface area (Å²) in [5.74, 6) is -0.0192. The zero-order valence-corrected chi connectivity index (χ0v) is 11.2. The maximum Gasteiger partial charge on any atom is 0.343 e. The molecular weight excluding hydrogens is 244 g/mol. The van der Waals surface area contributed by atoms with Crippen molar-refractivity contribution in [1.29, 1.82) is 0 Å². The molecule has 0 amide bonds. The Morgan fingerprint density at radius 3 is 2.79 bits per heavy atom. The Bertz CT molecular complexity index is 590. The van der Waals surface area contributed by atoms with Gasteiger partial charge in [-0.1, -0.05) is 24.3 Å². The number of carbonyl (C=O) groups is 1. The van der Waals surface area contributed by atoms with E-state index in [9.17, 15) is 4.79 Å². The molecule has 0 aliphatic rings. The van der Waals surface area contributed by atoms with Gasteiger partial charge in [0.1, 0.15) is 0 Å². The van der Waals surface area contributed by atoms with Crippen LogP contribution in [0.1, 0.15) is 5.56 Å². The number of benzene rings is 1. The summed E-state index contributed by atoms with van der Waals surface area (Å²) in [6.07, 6.45) is 0. The van der Waals surface area contributed by atoms with Crippen LogP contribution in [0.5, 0.6) is 5.88 Å². The first-order chi connectivity index (χ1) is 9.11. The smallest absolute Gasteiger partial charge is 0.343 e. The van der Waals surface area contributed by atoms with Gasteiger partial charge in [-0.15, -0.1) is 5.10 Å².